The summed E-state index contributed by atoms with van der Waals surface area (Å²) in [4.78, 5) is 4.37. The summed E-state index contributed by atoms with van der Waals surface area (Å²) in [5.74, 6) is 1.12. The van der Waals surface area contributed by atoms with Gasteiger partial charge in [0.25, 0.3) is 0 Å². The van der Waals surface area contributed by atoms with Gasteiger partial charge >= 0.3 is 0 Å². The Labute approximate surface area is 113 Å². The lowest BCUT2D eigenvalue weighted by Gasteiger charge is -2.15. The molecule has 19 heavy (non-hydrogen) atoms. The Hall–Kier alpha value is -1.78. The van der Waals surface area contributed by atoms with Gasteiger partial charge in [-0.3, -0.25) is 0 Å². The molecular weight excluding hydrogens is 242 g/mol. The first-order valence-electron chi connectivity index (χ1n) is 6.70. The Morgan fingerprint density at radius 1 is 1.47 bits per heavy atom. The van der Waals surface area contributed by atoms with E-state index in [0.29, 0.717) is 24.0 Å². The third-order valence-electron chi connectivity index (χ3n) is 3.61. The van der Waals surface area contributed by atoms with Gasteiger partial charge in [-0.1, -0.05) is 18.0 Å². The molecule has 0 saturated heterocycles. The van der Waals surface area contributed by atoms with Gasteiger partial charge in [0.2, 0.25) is 5.88 Å². The molecule has 1 heterocycles. The maximum Gasteiger partial charge on any atom is 0.225 e. The van der Waals surface area contributed by atoms with Crippen molar-refractivity contribution in [2.24, 2.45) is 16.8 Å². The van der Waals surface area contributed by atoms with Gasteiger partial charge in [-0.05, 0) is 44.2 Å². The van der Waals surface area contributed by atoms with E-state index in [1.807, 2.05) is 19.9 Å². The molecule has 0 aliphatic heterocycles. The molecule has 2 rings (SSSR count). The molecule has 0 radical (unpaired) electrons. The molecule has 0 bridgehead atoms. The zero-order valence-electron chi connectivity index (χ0n) is 11.5. The van der Waals surface area contributed by atoms with Gasteiger partial charge in [-0.15, -0.1) is 0 Å². The van der Waals surface area contributed by atoms with Gasteiger partial charge in [-0.25, -0.2) is 4.98 Å². The van der Waals surface area contributed by atoms with Crippen LogP contribution >= 0.6 is 0 Å². The fourth-order valence-electron chi connectivity index (χ4n) is 2.64. The molecule has 1 fully saturated rings. The van der Waals surface area contributed by atoms with E-state index in [9.17, 15) is 0 Å². The maximum atomic E-state index is 8.87. The summed E-state index contributed by atoms with van der Waals surface area (Å²) < 4.78 is 5.82. The van der Waals surface area contributed by atoms with E-state index >= 15 is 0 Å². The Kier molecular flexibility index (Phi) is 4.24. The minimum Gasteiger partial charge on any atom is -0.477 e. The second-order valence-electron chi connectivity index (χ2n) is 5.21. The topological polar surface area (TPSA) is 80.7 Å². The van der Waals surface area contributed by atoms with Crippen molar-refractivity contribution >= 4 is 5.84 Å². The first-order valence-corrected chi connectivity index (χ1v) is 6.70. The smallest absolute Gasteiger partial charge is 0.225 e. The fraction of sp³-hybridized carbons (Fsp3) is 0.571. The molecule has 5 nitrogen and oxygen atoms in total. The van der Waals surface area contributed by atoms with E-state index in [1.165, 1.54) is 25.7 Å². The zero-order valence-corrected chi connectivity index (χ0v) is 11.5. The van der Waals surface area contributed by atoms with Crippen LogP contribution in [-0.4, -0.2) is 22.6 Å². The summed E-state index contributed by atoms with van der Waals surface area (Å²) >= 11 is 0. The molecule has 0 spiro atoms. The van der Waals surface area contributed by atoms with Crippen LogP contribution in [0.3, 0.4) is 0 Å². The summed E-state index contributed by atoms with van der Waals surface area (Å²) in [7, 11) is 0. The van der Waals surface area contributed by atoms with E-state index in [0.717, 1.165) is 11.3 Å². The Morgan fingerprint density at radius 3 is 2.79 bits per heavy atom. The number of pyridine rings is 1. The minimum absolute atomic E-state index is 0.0476. The molecule has 1 aromatic heterocycles. The van der Waals surface area contributed by atoms with Crippen molar-refractivity contribution in [3.8, 4) is 5.88 Å². The Bertz CT molecular complexity index is 480. The highest BCUT2D eigenvalue weighted by atomic mass is 16.5. The number of rotatable bonds is 4. The Balaban J connectivity index is 2.21. The number of oxime groups is 1. The molecule has 5 heteroatoms. The number of nitrogens with two attached hydrogens (primary N) is 1. The molecule has 0 unspecified atom stereocenters. The van der Waals surface area contributed by atoms with Gasteiger partial charge in [0.1, 0.15) is 0 Å². The normalized spacial score (nSPS) is 16.8. The lowest BCUT2D eigenvalue weighted by atomic mass is 10.1. The highest BCUT2D eigenvalue weighted by molar-refractivity contribution is 6.00. The second kappa shape index (κ2) is 5.91. The van der Waals surface area contributed by atoms with Crippen LogP contribution in [0, 0.1) is 19.8 Å². The van der Waals surface area contributed by atoms with Gasteiger partial charge in [0, 0.05) is 5.69 Å². The second-order valence-corrected chi connectivity index (χ2v) is 5.21. The molecule has 1 aromatic rings. The molecule has 0 atom stereocenters. The van der Waals surface area contributed by atoms with E-state index in [2.05, 4.69) is 10.1 Å². The molecular formula is C14H21N3O2. The maximum absolute atomic E-state index is 8.87. The van der Waals surface area contributed by atoms with Crippen LogP contribution in [-0.2, 0) is 0 Å². The number of nitrogens with zero attached hydrogens (tertiary/aromatic N) is 2. The summed E-state index contributed by atoms with van der Waals surface area (Å²) in [6.07, 6.45) is 4.98. The molecule has 1 aliphatic carbocycles. The highest BCUT2D eigenvalue weighted by Crippen LogP contribution is 2.27. The van der Waals surface area contributed by atoms with E-state index in [1.54, 1.807) is 0 Å². The van der Waals surface area contributed by atoms with Crippen LogP contribution in [0.2, 0.25) is 0 Å². The number of aryl methyl sites for hydroxylation is 2. The van der Waals surface area contributed by atoms with Crippen molar-refractivity contribution < 1.29 is 9.94 Å². The van der Waals surface area contributed by atoms with Crippen molar-refractivity contribution in [2.45, 2.75) is 39.5 Å². The summed E-state index contributed by atoms with van der Waals surface area (Å²) in [6.45, 7) is 4.47. The molecule has 0 amide bonds. The van der Waals surface area contributed by atoms with Crippen molar-refractivity contribution in [3.63, 3.8) is 0 Å². The lowest BCUT2D eigenvalue weighted by molar-refractivity contribution is 0.242. The van der Waals surface area contributed by atoms with Crippen molar-refractivity contribution in [2.75, 3.05) is 6.61 Å². The van der Waals surface area contributed by atoms with Crippen LogP contribution in [0.1, 0.15) is 42.5 Å². The number of ether oxygens (including phenoxy) is 1. The van der Waals surface area contributed by atoms with E-state index in [4.69, 9.17) is 15.7 Å². The predicted octanol–water partition coefficient (Wildman–Crippen LogP) is 2.36. The predicted molar refractivity (Wildman–Crippen MR) is 73.7 cm³/mol. The first kappa shape index (κ1) is 13.6. The summed E-state index contributed by atoms with van der Waals surface area (Å²) in [5.41, 5.74) is 8.07. The number of amidine groups is 1. The van der Waals surface area contributed by atoms with Crippen LogP contribution < -0.4 is 10.5 Å². The first-order chi connectivity index (χ1) is 9.11. The van der Waals surface area contributed by atoms with Crippen molar-refractivity contribution in [3.05, 3.63) is 22.9 Å². The van der Waals surface area contributed by atoms with Crippen LogP contribution in [0.25, 0.3) is 0 Å². The van der Waals surface area contributed by atoms with Gasteiger partial charge in [-0.2, -0.15) is 0 Å². The third kappa shape index (κ3) is 3.16. The number of aromatic nitrogens is 1. The quantitative estimate of drug-likeness (QED) is 0.378. The summed E-state index contributed by atoms with van der Waals surface area (Å²) in [5, 5.41) is 11.9. The van der Waals surface area contributed by atoms with Crippen molar-refractivity contribution in [1.29, 1.82) is 0 Å². The van der Waals surface area contributed by atoms with Crippen LogP contribution in [0.4, 0.5) is 0 Å². The Morgan fingerprint density at radius 2 is 2.16 bits per heavy atom. The van der Waals surface area contributed by atoms with Gasteiger partial charge in [0.15, 0.2) is 5.84 Å². The molecule has 104 valence electrons. The minimum atomic E-state index is 0.0476. The summed E-state index contributed by atoms with van der Waals surface area (Å²) in [6, 6.07) is 1.90. The average molecular weight is 263 g/mol. The SMILES string of the molecule is Cc1cc(C)c(C(N)=NO)c(OCC2CCCC2)n1. The largest absolute Gasteiger partial charge is 0.477 e. The standard InChI is InChI=1S/C14H21N3O2/c1-9-7-10(2)16-14(12(9)13(15)17-18)19-8-11-5-3-4-6-11/h7,11,18H,3-6,8H2,1-2H3,(H2,15,17). The average Bonchev–Trinajstić information content (AvgIpc) is 2.88. The molecule has 1 saturated carbocycles. The number of hydrogen-bond donors (Lipinski definition) is 2. The van der Waals surface area contributed by atoms with Crippen LogP contribution in [0.15, 0.2) is 11.2 Å². The van der Waals surface area contributed by atoms with E-state index in [-0.39, 0.29) is 5.84 Å². The van der Waals surface area contributed by atoms with Gasteiger partial charge < -0.3 is 15.7 Å². The zero-order chi connectivity index (χ0) is 13.8. The third-order valence-corrected chi connectivity index (χ3v) is 3.61. The molecule has 0 aromatic carbocycles. The van der Waals surface area contributed by atoms with E-state index < -0.39 is 0 Å². The lowest BCUT2D eigenvalue weighted by Crippen LogP contribution is -2.19. The van der Waals surface area contributed by atoms with Crippen LogP contribution in [0.5, 0.6) is 5.88 Å². The number of hydrogen-bond acceptors (Lipinski definition) is 4. The van der Waals surface area contributed by atoms with Gasteiger partial charge in [0.05, 0.1) is 12.2 Å². The molecule has 1 aliphatic rings. The molecule has 3 N–H and O–H groups in total. The fourth-order valence-corrected chi connectivity index (χ4v) is 2.64. The highest BCUT2D eigenvalue weighted by Gasteiger charge is 2.19. The van der Waals surface area contributed by atoms with Crippen molar-refractivity contribution in [1.82, 2.24) is 4.98 Å². The monoisotopic (exact) mass is 263 g/mol.